The first kappa shape index (κ1) is 12.6. The fraction of sp³-hybridized carbons (Fsp3) is 0.800. The lowest BCUT2D eigenvalue weighted by Gasteiger charge is -2.21. The topological polar surface area (TPSA) is 0 Å². The van der Waals surface area contributed by atoms with Gasteiger partial charge in [-0.3, -0.25) is 0 Å². The summed E-state index contributed by atoms with van der Waals surface area (Å²) in [5.74, 6) is 7.25. The molecule has 0 bridgehead atoms. The number of rotatable bonds is 5. The summed E-state index contributed by atoms with van der Waals surface area (Å²) in [5, 5.41) is 0. The minimum atomic E-state index is 0.766. The second-order valence-electron chi connectivity index (χ2n) is 4.71. The van der Waals surface area contributed by atoms with Crippen molar-refractivity contribution in [2.24, 2.45) is 5.92 Å². The largest absolute Gasteiger partial charge is 0.103 e. The van der Waals surface area contributed by atoms with Gasteiger partial charge >= 0.3 is 0 Å². The van der Waals surface area contributed by atoms with Crippen LogP contribution in [0.3, 0.4) is 0 Å². The van der Waals surface area contributed by atoms with Crippen molar-refractivity contribution in [1.82, 2.24) is 0 Å². The standard InChI is InChI=1S/C15H25/c1-2-3-4-5-6-7-9-12-15-13-10-8-11-14-15/h15H,1-2,5-14H2. The van der Waals surface area contributed by atoms with E-state index < -0.39 is 0 Å². The molecule has 1 aliphatic rings. The molecule has 85 valence electrons. The van der Waals surface area contributed by atoms with Crippen molar-refractivity contribution in [3.63, 3.8) is 0 Å². The summed E-state index contributed by atoms with van der Waals surface area (Å²) in [6, 6.07) is 0. The zero-order valence-electron chi connectivity index (χ0n) is 10.1. The highest BCUT2D eigenvalue weighted by Gasteiger charge is 2.12. The molecule has 1 rings (SSSR count). The average molecular weight is 205 g/mol. The SMILES string of the molecule is [CH2]CC#CCCCCCC1CCCCC1. The first-order chi connectivity index (χ1) is 7.43. The van der Waals surface area contributed by atoms with Gasteiger partial charge in [-0.2, -0.15) is 0 Å². The Morgan fingerprint density at radius 3 is 2.47 bits per heavy atom. The van der Waals surface area contributed by atoms with Crippen LogP contribution < -0.4 is 0 Å². The summed E-state index contributed by atoms with van der Waals surface area (Å²) in [6.07, 6.45) is 14.9. The highest BCUT2D eigenvalue weighted by Crippen LogP contribution is 2.27. The van der Waals surface area contributed by atoms with E-state index in [9.17, 15) is 0 Å². The monoisotopic (exact) mass is 205 g/mol. The molecule has 1 radical (unpaired) electrons. The molecule has 0 N–H and O–H groups in total. The summed E-state index contributed by atoms with van der Waals surface area (Å²) >= 11 is 0. The van der Waals surface area contributed by atoms with E-state index in [1.165, 1.54) is 57.8 Å². The van der Waals surface area contributed by atoms with E-state index in [1.54, 1.807) is 0 Å². The van der Waals surface area contributed by atoms with Crippen LogP contribution >= 0.6 is 0 Å². The third-order valence-corrected chi connectivity index (χ3v) is 3.39. The maximum atomic E-state index is 3.71. The van der Waals surface area contributed by atoms with Crippen LogP contribution in [0.25, 0.3) is 0 Å². The lowest BCUT2D eigenvalue weighted by Crippen LogP contribution is -2.05. The normalized spacial score (nSPS) is 17.1. The molecule has 0 aromatic heterocycles. The van der Waals surface area contributed by atoms with Crippen LogP contribution in [0, 0.1) is 24.7 Å². The van der Waals surface area contributed by atoms with E-state index in [0.29, 0.717) is 0 Å². The fourth-order valence-corrected chi connectivity index (χ4v) is 2.48. The predicted octanol–water partition coefficient (Wildman–Crippen LogP) is 4.74. The molecule has 1 saturated carbocycles. The third kappa shape index (κ3) is 6.61. The average Bonchev–Trinajstić information content (AvgIpc) is 2.29. The van der Waals surface area contributed by atoms with Gasteiger partial charge < -0.3 is 0 Å². The highest BCUT2D eigenvalue weighted by atomic mass is 14.2. The minimum Gasteiger partial charge on any atom is -0.103 e. The van der Waals surface area contributed by atoms with Crippen LogP contribution in [0.5, 0.6) is 0 Å². The van der Waals surface area contributed by atoms with Gasteiger partial charge in [-0.25, -0.2) is 0 Å². The summed E-state index contributed by atoms with van der Waals surface area (Å²) in [6.45, 7) is 3.71. The Labute approximate surface area is 95.8 Å². The molecule has 0 saturated heterocycles. The van der Waals surface area contributed by atoms with Crippen molar-refractivity contribution in [2.75, 3.05) is 0 Å². The molecule has 0 aromatic carbocycles. The Morgan fingerprint density at radius 1 is 0.933 bits per heavy atom. The molecule has 0 amide bonds. The van der Waals surface area contributed by atoms with Crippen LogP contribution in [0.4, 0.5) is 0 Å². The maximum absolute atomic E-state index is 3.71. The minimum absolute atomic E-state index is 0.766. The molecular weight excluding hydrogens is 180 g/mol. The summed E-state index contributed by atoms with van der Waals surface area (Å²) in [5.41, 5.74) is 0. The molecular formula is C15H25. The molecule has 0 heterocycles. The van der Waals surface area contributed by atoms with E-state index in [2.05, 4.69) is 18.8 Å². The second kappa shape index (κ2) is 8.84. The van der Waals surface area contributed by atoms with E-state index >= 15 is 0 Å². The molecule has 0 aliphatic heterocycles. The van der Waals surface area contributed by atoms with Crippen molar-refractivity contribution in [3.05, 3.63) is 6.92 Å². The van der Waals surface area contributed by atoms with Gasteiger partial charge in [-0.15, -0.1) is 11.8 Å². The first-order valence-electron chi connectivity index (χ1n) is 6.68. The van der Waals surface area contributed by atoms with Crippen molar-refractivity contribution < 1.29 is 0 Å². The summed E-state index contributed by atoms with van der Waals surface area (Å²) in [7, 11) is 0. The number of hydrogen-bond acceptors (Lipinski definition) is 0. The Balaban J connectivity index is 1.87. The van der Waals surface area contributed by atoms with Gasteiger partial charge in [0.05, 0.1) is 0 Å². The first-order valence-corrected chi connectivity index (χ1v) is 6.68. The Hall–Kier alpha value is -0.440. The predicted molar refractivity (Wildman–Crippen MR) is 67.4 cm³/mol. The van der Waals surface area contributed by atoms with Crippen molar-refractivity contribution in [3.8, 4) is 11.8 Å². The van der Waals surface area contributed by atoms with Crippen molar-refractivity contribution in [2.45, 2.75) is 70.6 Å². The molecule has 0 nitrogen and oxygen atoms in total. The van der Waals surface area contributed by atoms with Crippen LogP contribution in [0.1, 0.15) is 70.6 Å². The lowest BCUT2D eigenvalue weighted by molar-refractivity contribution is 0.329. The molecule has 1 fully saturated rings. The second-order valence-corrected chi connectivity index (χ2v) is 4.71. The van der Waals surface area contributed by atoms with Gasteiger partial charge in [0.25, 0.3) is 0 Å². The zero-order valence-corrected chi connectivity index (χ0v) is 10.1. The molecule has 0 atom stereocenters. The van der Waals surface area contributed by atoms with E-state index in [4.69, 9.17) is 0 Å². The number of unbranched alkanes of at least 4 members (excludes halogenated alkanes) is 3. The Morgan fingerprint density at radius 2 is 1.73 bits per heavy atom. The number of hydrogen-bond donors (Lipinski definition) is 0. The smallest absolute Gasteiger partial charge is 0.00890 e. The van der Waals surface area contributed by atoms with Crippen LogP contribution in [0.15, 0.2) is 0 Å². The molecule has 0 spiro atoms. The van der Waals surface area contributed by atoms with Crippen molar-refractivity contribution >= 4 is 0 Å². The van der Waals surface area contributed by atoms with Gasteiger partial charge in [0.15, 0.2) is 0 Å². The molecule has 15 heavy (non-hydrogen) atoms. The molecule has 1 aliphatic carbocycles. The van der Waals surface area contributed by atoms with E-state index in [0.717, 1.165) is 18.8 Å². The van der Waals surface area contributed by atoms with Crippen LogP contribution in [-0.2, 0) is 0 Å². The molecule has 0 aromatic rings. The quantitative estimate of drug-likeness (QED) is 0.449. The van der Waals surface area contributed by atoms with Crippen LogP contribution in [0.2, 0.25) is 0 Å². The Bertz CT molecular complexity index is 188. The van der Waals surface area contributed by atoms with Gasteiger partial charge in [0.2, 0.25) is 0 Å². The van der Waals surface area contributed by atoms with E-state index in [-0.39, 0.29) is 0 Å². The third-order valence-electron chi connectivity index (χ3n) is 3.39. The molecule has 0 heteroatoms. The van der Waals surface area contributed by atoms with Gasteiger partial charge in [0.1, 0.15) is 0 Å². The van der Waals surface area contributed by atoms with Crippen molar-refractivity contribution in [1.29, 1.82) is 0 Å². The zero-order chi connectivity index (χ0) is 10.8. The lowest BCUT2D eigenvalue weighted by atomic mass is 9.85. The summed E-state index contributed by atoms with van der Waals surface area (Å²) in [4.78, 5) is 0. The maximum Gasteiger partial charge on any atom is 0.00890 e. The summed E-state index contributed by atoms with van der Waals surface area (Å²) < 4.78 is 0. The Kier molecular flexibility index (Phi) is 7.44. The van der Waals surface area contributed by atoms with E-state index in [1.807, 2.05) is 0 Å². The molecule has 0 unspecified atom stereocenters. The van der Waals surface area contributed by atoms with Gasteiger partial charge in [-0.1, -0.05) is 51.4 Å². The van der Waals surface area contributed by atoms with Gasteiger partial charge in [0, 0.05) is 12.8 Å². The fourth-order valence-electron chi connectivity index (χ4n) is 2.48. The van der Waals surface area contributed by atoms with Gasteiger partial charge in [-0.05, 0) is 19.3 Å². The highest BCUT2D eigenvalue weighted by molar-refractivity contribution is 4.98. The van der Waals surface area contributed by atoms with Crippen LogP contribution in [-0.4, -0.2) is 0 Å².